The molecule has 0 amide bonds. The zero-order valence-corrected chi connectivity index (χ0v) is 14.4. The lowest BCUT2D eigenvalue weighted by molar-refractivity contribution is 0.295. The molecule has 0 radical (unpaired) electrons. The molecule has 0 spiro atoms. The summed E-state index contributed by atoms with van der Waals surface area (Å²) in [5, 5.41) is 0. The van der Waals surface area contributed by atoms with Crippen molar-refractivity contribution in [2.75, 3.05) is 0 Å². The SMILES string of the molecule is C=C(C)[C@@H]1CC=C(C)CC[C@H]2O[C@]2(C)CCC=C(C)CC1. The number of hydrogen-bond donors (Lipinski definition) is 0. The minimum atomic E-state index is 0.154. The van der Waals surface area contributed by atoms with Gasteiger partial charge in [0.2, 0.25) is 0 Å². The molecule has 21 heavy (non-hydrogen) atoms. The van der Waals surface area contributed by atoms with Gasteiger partial charge in [0.25, 0.3) is 0 Å². The highest BCUT2D eigenvalue weighted by Gasteiger charge is 2.50. The Labute approximate surface area is 131 Å². The molecule has 1 fully saturated rings. The van der Waals surface area contributed by atoms with E-state index in [1.807, 2.05) is 0 Å². The van der Waals surface area contributed by atoms with E-state index in [1.54, 1.807) is 0 Å². The van der Waals surface area contributed by atoms with Crippen LogP contribution in [0, 0.1) is 5.92 Å². The zero-order valence-electron chi connectivity index (χ0n) is 14.4. The molecule has 1 aliphatic heterocycles. The van der Waals surface area contributed by atoms with Gasteiger partial charge in [0.1, 0.15) is 0 Å². The fourth-order valence-electron chi connectivity index (χ4n) is 3.35. The van der Waals surface area contributed by atoms with Crippen LogP contribution in [0.2, 0.25) is 0 Å². The third-order valence-corrected chi connectivity index (χ3v) is 5.30. The Morgan fingerprint density at radius 1 is 1.19 bits per heavy atom. The Balaban J connectivity index is 2.03. The van der Waals surface area contributed by atoms with E-state index in [9.17, 15) is 0 Å². The Morgan fingerprint density at radius 3 is 2.57 bits per heavy atom. The number of allylic oxidation sites excluding steroid dienone is 5. The predicted molar refractivity (Wildman–Crippen MR) is 91.4 cm³/mol. The van der Waals surface area contributed by atoms with Crippen LogP contribution in [0.5, 0.6) is 0 Å². The lowest BCUT2D eigenvalue weighted by Crippen LogP contribution is -2.09. The number of ether oxygens (including phenoxy) is 1. The number of rotatable bonds is 1. The van der Waals surface area contributed by atoms with Gasteiger partial charge in [-0.3, -0.25) is 0 Å². The molecule has 1 nitrogen and oxygen atoms in total. The quantitative estimate of drug-likeness (QED) is 0.427. The average molecular weight is 288 g/mol. The molecule has 2 aliphatic rings. The van der Waals surface area contributed by atoms with E-state index in [4.69, 9.17) is 4.74 Å². The van der Waals surface area contributed by atoms with E-state index in [1.165, 1.54) is 48.8 Å². The van der Waals surface area contributed by atoms with Crippen molar-refractivity contribution < 1.29 is 4.74 Å². The van der Waals surface area contributed by atoms with Crippen molar-refractivity contribution >= 4 is 0 Å². The van der Waals surface area contributed by atoms with Crippen molar-refractivity contribution in [1.29, 1.82) is 0 Å². The van der Waals surface area contributed by atoms with E-state index in [2.05, 4.69) is 46.4 Å². The first-order chi connectivity index (χ1) is 9.90. The molecular formula is C20H32O. The summed E-state index contributed by atoms with van der Waals surface area (Å²) in [5.74, 6) is 0.633. The topological polar surface area (TPSA) is 12.5 Å². The van der Waals surface area contributed by atoms with Gasteiger partial charge >= 0.3 is 0 Å². The van der Waals surface area contributed by atoms with Crippen molar-refractivity contribution in [3.63, 3.8) is 0 Å². The number of fused-ring (bicyclic) bond motifs is 1. The minimum Gasteiger partial charge on any atom is -0.366 e. The van der Waals surface area contributed by atoms with Gasteiger partial charge in [-0.2, -0.15) is 0 Å². The maximum absolute atomic E-state index is 5.95. The van der Waals surface area contributed by atoms with Crippen molar-refractivity contribution in [2.45, 2.75) is 84.3 Å². The summed E-state index contributed by atoms with van der Waals surface area (Å²) in [6, 6.07) is 0. The molecule has 0 aromatic rings. The van der Waals surface area contributed by atoms with E-state index >= 15 is 0 Å². The van der Waals surface area contributed by atoms with E-state index in [0.717, 1.165) is 12.8 Å². The maximum Gasteiger partial charge on any atom is 0.0923 e. The summed E-state index contributed by atoms with van der Waals surface area (Å²) < 4.78 is 5.95. The molecule has 2 rings (SSSR count). The molecule has 1 saturated heterocycles. The molecular weight excluding hydrogens is 256 g/mol. The van der Waals surface area contributed by atoms with Crippen LogP contribution in [0.3, 0.4) is 0 Å². The van der Waals surface area contributed by atoms with E-state index in [-0.39, 0.29) is 5.60 Å². The van der Waals surface area contributed by atoms with Gasteiger partial charge in [0, 0.05) is 0 Å². The van der Waals surface area contributed by atoms with Crippen LogP contribution in [0.1, 0.15) is 72.6 Å². The molecule has 0 aromatic heterocycles. The van der Waals surface area contributed by atoms with Crippen molar-refractivity contribution in [3.8, 4) is 0 Å². The lowest BCUT2D eigenvalue weighted by atomic mass is 9.89. The second-order valence-electron chi connectivity index (χ2n) is 7.42. The van der Waals surface area contributed by atoms with Gasteiger partial charge in [0.05, 0.1) is 11.7 Å². The Morgan fingerprint density at radius 2 is 1.86 bits per heavy atom. The summed E-state index contributed by atoms with van der Waals surface area (Å²) >= 11 is 0. The largest absolute Gasteiger partial charge is 0.366 e. The van der Waals surface area contributed by atoms with E-state index < -0.39 is 0 Å². The monoisotopic (exact) mass is 288 g/mol. The number of epoxide rings is 1. The van der Waals surface area contributed by atoms with Gasteiger partial charge < -0.3 is 4.74 Å². The van der Waals surface area contributed by atoms with Crippen LogP contribution in [-0.4, -0.2) is 11.7 Å². The van der Waals surface area contributed by atoms with Gasteiger partial charge in [0.15, 0.2) is 0 Å². The van der Waals surface area contributed by atoms with Crippen molar-refractivity contribution in [3.05, 3.63) is 35.5 Å². The van der Waals surface area contributed by atoms with Crippen LogP contribution in [0.4, 0.5) is 0 Å². The fourth-order valence-corrected chi connectivity index (χ4v) is 3.35. The third-order valence-electron chi connectivity index (χ3n) is 5.30. The molecule has 0 aromatic carbocycles. The van der Waals surface area contributed by atoms with Crippen LogP contribution >= 0.6 is 0 Å². The van der Waals surface area contributed by atoms with E-state index in [0.29, 0.717) is 12.0 Å². The van der Waals surface area contributed by atoms with Crippen LogP contribution < -0.4 is 0 Å². The zero-order chi connectivity index (χ0) is 15.5. The normalized spacial score (nSPS) is 35.0. The molecule has 1 aliphatic carbocycles. The second-order valence-corrected chi connectivity index (χ2v) is 7.42. The molecule has 0 bridgehead atoms. The first-order valence-electron chi connectivity index (χ1n) is 8.55. The molecule has 1 heteroatoms. The molecule has 118 valence electrons. The van der Waals surface area contributed by atoms with Gasteiger partial charge in [-0.25, -0.2) is 0 Å². The molecule has 0 N–H and O–H groups in total. The van der Waals surface area contributed by atoms with Crippen LogP contribution in [-0.2, 0) is 4.74 Å². The maximum atomic E-state index is 5.95. The molecule has 1 heterocycles. The van der Waals surface area contributed by atoms with Crippen molar-refractivity contribution in [2.24, 2.45) is 5.92 Å². The highest BCUT2D eigenvalue weighted by Crippen LogP contribution is 2.43. The van der Waals surface area contributed by atoms with Crippen LogP contribution in [0.15, 0.2) is 35.5 Å². The summed E-state index contributed by atoms with van der Waals surface area (Å²) in [4.78, 5) is 0. The minimum absolute atomic E-state index is 0.154. The van der Waals surface area contributed by atoms with Gasteiger partial charge in [-0.1, -0.05) is 35.5 Å². The summed E-state index contributed by atoms with van der Waals surface area (Å²) in [7, 11) is 0. The Kier molecular flexibility index (Phi) is 5.48. The van der Waals surface area contributed by atoms with Gasteiger partial charge in [-0.05, 0) is 78.6 Å². The first kappa shape index (κ1) is 16.5. The smallest absolute Gasteiger partial charge is 0.0923 e. The Hall–Kier alpha value is -0.820. The Bertz CT molecular complexity index is 443. The highest BCUT2D eigenvalue weighted by atomic mass is 16.6. The first-order valence-corrected chi connectivity index (χ1v) is 8.55. The standard InChI is InChI=1S/C20H32O/c1-15(2)18-11-8-16(3)7-6-14-20(5)19(21-20)13-10-17(4)9-12-18/h7,9,18-19H,1,6,8,10-14H2,2-5H3/t18-,19+,20+/m0/s1. The number of hydrogen-bond acceptors (Lipinski definition) is 1. The summed E-state index contributed by atoms with van der Waals surface area (Å²) in [5.41, 5.74) is 4.53. The van der Waals surface area contributed by atoms with Crippen molar-refractivity contribution in [1.82, 2.24) is 0 Å². The summed E-state index contributed by atoms with van der Waals surface area (Å²) in [6.45, 7) is 13.2. The predicted octanol–water partition coefficient (Wildman–Crippen LogP) is 5.97. The third kappa shape index (κ3) is 4.85. The fraction of sp³-hybridized carbons (Fsp3) is 0.700. The molecule has 0 unspecified atom stereocenters. The van der Waals surface area contributed by atoms with Gasteiger partial charge in [-0.15, -0.1) is 0 Å². The lowest BCUT2D eigenvalue weighted by Gasteiger charge is -2.16. The highest BCUT2D eigenvalue weighted by molar-refractivity contribution is 5.10. The average Bonchev–Trinajstić information content (AvgIpc) is 3.06. The molecule has 3 atom stereocenters. The summed E-state index contributed by atoms with van der Waals surface area (Å²) in [6.07, 6.45) is 13.6. The molecule has 0 saturated carbocycles. The second kappa shape index (κ2) is 6.96. The van der Waals surface area contributed by atoms with Crippen LogP contribution in [0.25, 0.3) is 0 Å².